The number of nitrogens with one attached hydrogen (secondary N) is 1. The molecule has 1 unspecified atom stereocenters. The summed E-state index contributed by atoms with van der Waals surface area (Å²) in [5, 5.41) is 4.50. The molecule has 0 bridgehead atoms. The van der Waals surface area contributed by atoms with Gasteiger partial charge in [0, 0.05) is 24.2 Å². The summed E-state index contributed by atoms with van der Waals surface area (Å²) >= 11 is 0. The molecule has 1 aliphatic rings. The predicted molar refractivity (Wildman–Crippen MR) is 111 cm³/mol. The number of piperidine rings is 1. The minimum Gasteiger partial charge on any atom is -0.355 e. The second-order valence-electron chi connectivity index (χ2n) is 7.57. The van der Waals surface area contributed by atoms with Crippen LogP contribution in [0.4, 0.5) is 11.4 Å². The third kappa shape index (κ3) is 3.80. The second kappa shape index (κ2) is 7.39. The summed E-state index contributed by atoms with van der Waals surface area (Å²) in [6.07, 6.45) is 2.25. The van der Waals surface area contributed by atoms with Gasteiger partial charge in [-0.15, -0.1) is 0 Å². The van der Waals surface area contributed by atoms with Crippen LogP contribution in [-0.4, -0.2) is 28.9 Å². The van der Waals surface area contributed by atoms with Crippen molar-refractivity contribution in [3.8, 4) is 0 Å². The third-order valence-electron chi connectivity index (χ3n) is 5.18. The lowest BCUT2D eigenvalue weighted by Crippen LogP contribution is -2.39. The SMILES string of the molecule is Cc1ccc2nc(C(=O)N3CCCC(C)C3)cc(Nc3ccccc3)c2c1. The van der Waals surface area contributed by atoms with Crippen molar-refractivity contribution in [1.82, 2.24) is 9.88 Å². The minimum atomic E-state index is 0.0279. The summed E-state index contributed by atoms with van der Waals surface area (Å²) in [5.74, 6) is 0.577. The molecule has 0 radical (unpaired) electrons. The zero-order valence-electron chi connectivity index (χ0n) is 15.9. The van der Waals surface area contributed by atoms with Crippen LogP contribution in [0.15, 0.2) is 54.6 Å². The Bertz CT molecular complexity index is 968. The number of aryl methyl sites for hydroxylation is 1. The molecular formula is C23H25N3O. The standard InChI is InChI=1S/C23H25N3O/c1-16-10-11-20-19(13-16)21(24-18-8-4-3-5-9-18)14-22(25-20)23(27)26-12-6-7-17(2)15-26/h3-5,8-11,13-14,17H,6-7,12,15H2,1-2H3,(H,24,25). The van der Waals surface area contributed by atoms with E-state index >= 15 is 0 Å². The van der Waals surface area contributed by atoms with Crippen LogP contribution >= 0.6 is 0 Å². The van der Waals surface area contributed by atoms with Gasteiger partial charge in [-0.05, 0) is 56.0 Å². The molecule has 1 saturated heterocycles. The molecule has 4 nitrogen and oxygen atoms in total. The van der Waals surface area contributed by atoms with Crippen molar-refractivity contribution in [2.45, 2.75) is 26.7 Å². The van der Waals surface area contributed by atoms with Gasteiger partial charge in [0.1, 0.15) is 5.69 Å². The molecule has 0 spiro atoms. The molecule has 0 saturated carbocycles. The summed E-state index contributed by atoms with van der Waals surface area (Å²) in [7, 11) is 0. The van der Waals surface area contributed by atoms with E-state index in [-0.39, 0.29) is 5.91 Å². The Morgan fingerprint density at radius 2 is 1.96 bits per heavy atom. The van der Waals surface area contributed by atoms with Crippen LogP contribution in [0.3, 0.4) is 0 Å². The number of carbonyl (C=O) groups is 1. The van der Waals surface area contributed by atoms with Crippen LogP contribution in [-0.2, 0) is 0 Å². The minimum absolute atomic E-state index is 0.0279. The first-order chi connectivity index (χ1) is 13.1. The van der Waals surface area contributed by atoms with Gasteiger partial charge < -0.3 is 10.2 Å². The van der Waals surface area contributed by atoms with Crippen molar-refractivity contribution in [2.75, 3.05) is 18.4 Å². The Kier molecular flexibility index (Phi) is 4.80. The average molecular weight is 359 g/mol. The highest BCUT2D eigenvalue weighted by atomic mass is 16.2. The smallest absolute Gasteiger partial charge is 0.272 e. The summed E-state index contributed by atoms with van der Waals surface area (Å²) < 4.78 is 0. The van der Waals surface area contributed by atoms with Gasteiger partial charge in [0.2, 0.25) is 0 Å². The first kappa shape index (κ1) is 17.5. The second-order valence-corrected chi connectivity index (χ2v) is 7.57. The van der Waals surface area contributed by atoms with Gasteiger partial charge in [-0.2, -0.15) is 0 Å². The maximum absolute atomic E-state index is 13.1. The number of carbonyl (C=O) groups excluding carboxylic acids is 1. The van der Waals surface area contributed by atoms with E-state index < -0.39 is 0 Å². The van der Waals surface area contributed by atoms with Crippen molar-refractivity contribution < 1.29 is 4.79 Å². The molecule has 1 amide bonds. The number of hydrogen-bond donors (Lipinski definition) is 1. The first-order valence-corrected chi connectivity index (χ1v) is 9.63. The molecule has 4 heteroatoms. The molecule has 138 valence electrons. The Labute approximate surface area is 160 Å². The van der Waals surface area contributed by atoms with E-state index in [0.717, 1.165) is 41.8 Å². The summed E-state index contributed by atoms with van der Waals surface area (Å²) in [5.41, 5.74) is 4.44. The van der Waals surface area contributed by atoms with Gasteiger partial charge in [-0.1, -0.05) is 36.8 Å². The zero-order chi connectivity index (χ0) is 18.8. The molecule has 4 rings (SSSR count). The number of pyridine rings is 1. The highest BCUT2D eigenvalue weighted by Gasteiger charge is 2.24. The highest BCUT2D eigenvalue weighted by Crippen LogP contribution is 2.28. The van der Waals surface area contributed by atoms with Crippen LogP contribution < -0.4 is 5.32 Å². The Hall–Kier alpha value is -2.88. The maximum atomic E-state index is 13.1. The van der Waals surface area contributed by atoms with Gasteiger partial charge in [-0.3, -0.25) is 4.79 Å². The number of benzene rings is 2. The largest absolute Gasteiger partial charge is 0.355 e. The van der Waals surface area contributed by atoms with Gasteiger partial charge >= 0.3 is 0 Å². The van der Waals surface area contributed by atoms with Gasteiger partial charge in [0.15, 0.2) is 0 Å². The van der Waals surface area contributed by atoms with Crippen LogP contribution in [0.25, 0.3) is 10.9 Å². The first-order valence-electron chi connectivity index (χ1n) is 9.63. The monoisotopic (exact) mass is 359 g/mol. The molecule has 2 aromatic carbocycles. The lowest BCUT2D eigenvalue weighted by molar-refractivity contribution is 0.0677. The van der Waals surface area contributed by atoms with Gasteiger partial charge in [0.25, 0.3) is 5.91 Å². The number of fused-ring (bicyclic) bond motifs is 1. The number of nitrogens with zero attached hydrogens (tertiary/aromatic N) is 2. The quantitative estimate of drug-likeness (QED) is 0.702. The van der Waals surface area contributed by atoms with E-state index in [4.69, 9.17) is 0 Å². The number of anilines is 2. The molecule has 0 aliphatic carbocycles. The van der Waals surface area contributed by atoms with Crippen molar-refractivity contribution >= 4 is 28.2 Å². The van der Waals surface area contributed by atoms with E-state index in [9.17, 15) is 4.79 Å². The normalized spacial score (nSPS) is 17.1. The van der Waals surface area contributed by atoms with Gasteiger partial charge in [0.05, 0.1) is 11.2 Å². The van der Waals surface area contributed by atoms with Crippen molar-refractivity contribution in [3.63, 3.8) is 0 Å². The van der Waals surface area contributed by atoms with E-state index in [2.05, 4.69) is 30.2 Å². The van der Waals surface area contributed by atoms with Gasteiger partial charge in [-0.25, -0.2) is 4.98 Å². The lowest BCUT2D eigenvalue weighted by atomic mass is 10.00. The number of rotatable bonds is 3. The number of hydrogen-bond acceptors (Lipinski definition) is 3. The van der Waals surface area contributed by atoms with E-state index in [0.29, 0.717) is 11.6 Å². The highest BCUT2D eigenvalue weighted by molar-refractivity contribution is 6.00. The van der Waals surface area contributed by atoms with Crippen LogP contribution in [0.5, 0.6) is 0 Å². The zero-order valence-corrected chi connectivity index (χ0v) is 15.9. The molecular weight excluding hydrogens is 334 g/mol. The third-order valence-corrected chi connectivity index (χ3v) is 5.18. The molecule has 3 aromatic rings. The van der Waals surface area contributed by atoms with Crippen LogP contribution in [0.2, 0.25) is 0 Å². The van der Waals surface area contributed by atoms with Crippen molar-refractivity contribution in [3.05, 3.63) is 65.9 Å². The summed E-state index contributed by atoms with van der Waals surface area (Å²) in [6.45, 7) is 5.91. The van der Waals surface area contributed by atoms with E-state index in [1.54, 1.807) is 0 Å². The van der Waals surface area contributed by atoms with Crippen LogP contribution in [0.1, 0.15) is 35.8 Å². The molecule has 1 N–H and O–H groups in total. The summed E-state index contributed by atoms with van der Waals surface area (Å²) in [6, 6.07) is 18.1. The number of para-hydroxylation sites is 1. The van der Waals surface area contributed by atoms with Crippen LogP contribution in [0, 0.1) is 12.8 Å². The maximum Gasteiger partial charge on any atom is 0.272 e. The van der Waals surface area contributed by atoms with E-state index in [1.165, 1.54) is 12.0 Å². The Balaban J connectivity index is 1.75. The number of aromatic nitrogens is 1. The lowest BCUT2D eigenvalue weighted by Gasteiger charge is -2.30. The Morgan fingerprint density at radius 1 is 1.15 bits per heavy atom. The fraction of sp³-hybridized carbons (Fsp3) is 0.304. The fourth-order valence-electron chi connectivity index (χ4n) is 3.77. The van der Waals surface area contributed by atoms with Crippen molar-refractivity contribution in [2.24, 2.45) is 5.92 Å². The number of amides is 1. The fourth-order valence-corrected chi connectivity index (χ4v) is 3.77. The molecule has 1 aromatic heterocycles. The summed E-state index contributed by atoms with van der Waals surface area (Å²) in [4.78, 5) is 19.7. The Morgan fingerprint density at radius 3 is 2.74 bits per heavy atom. The average Bonchev–Trinajstić information content (AvgIpc) is 2.68. The predicted octanol–water partition coefficient (Wildman–Crippen LogP) is 5.16. The van der Waals surface area contributed by atoms with E-state index in [1.807, 2.05) is 53.4 Å². The molecule has 2 heterocycles. The topological polar surface area (TPSA) is 45.2 Å². The number of likely N-dealkylation sites (tertiary alicyclic amines) is 1. The van der Waals surface area contributed by atoms with Crippen molar-refractivity contribution in [1.29, 1.82) is 0 Å². The molecule has 1 atom stereocenters. The molecule has 1 fully saturated rings. The molecule has 27 heavy (non-hydrogen) atoms. The molecule has 1 aliphatic heterocycles.